The number of aryl methyl sites for hydroxylation is 1. The van der Waals surface area contributed by atoms with Crippen LogP contribution in [0, 0.1) is 0 Å². The van der Waals surface area contributed by atoms with E-state index in [0.717, 1.165) is 42.5 Å². The lowest BCUT2D eigenvalue weighted by molar-refractivity contribution is 0.565. The third-order valence-electron chi connectivity index (χ3n) is 10.5. The molecule has 0 saturated heterocycles. The molecule has 0 amide bonds. The molecule has 2 aliphatic carbocycles. The molecule has 258 valence electrons. The topological polar surface area (TPSA) is 46.5 Å². The molecule has 5 aromatic carbocycles. The molecule has 1 aliphatic heterocycles. The minimum atomic E-state index is 0.390. The largest absolute Gasteiger partial charge is 0.383 e. The summed E-state index contributed by atoms with van der Waals surface area (Å²) in [5.41, 5.74) is 19.8. The first-order valence-corrected chi connectivity index (χ1v) is 18.9. The average Bonchev–Trinajstić information content (AvgIpc) is 3.74. The molecule has 2 unspecified atom stereocenters. The van der Waals surface area contributed by atoms with E-state index in [1.54, 1.807) is 0 Å². The summed E-state index contributed by atoms with van der Waals surface area (Å²) in [6.45, 7) is 4.00. The van der Waals surface area contributed by atoms with E-state index in [0.29, 0.717) is 24.2 Å². The van der Waals surface area contributed by atoms with E-state index in [2.05, 4.69) is 131 Å². The van der Waals surface area contributed by atoms with Crippen molar-refractivity contribution in [3.63, 3.8) is 0 Å². The van der Waals surface area contributed by atoms with Gasteiger partial charge in [-0.15, -0.1) is 0 Å². The van der Waals surface area contributed by atoms with Crippen molar-refractivity contribution in [2.24, 2.45) is 10.7 Å². The Morgan fingerprint density at radius 3 is 2.31 bits per heavy atom. The number of rotatable bonds is 7. The summed E-state index contributed by atoms with van der Waals surface area (Å²) in [7, 11) is 0. The predicted molar refractivity (Wildman–Crippen MR) is 221 cm³/mol. The molecule has 0 radical (unpaired) electrons. The maximum atomic E-state index is 6.61. The van der Waals surface area contributed by atoms with E-state index in [1.807, 2.05) is 50.2 Å². The molecular weight excluding hydrogens is 633 g/mol. The standard InChI is InChI=1S/C46H40N4.C2H6/c47-46(34-17-5-2-6-18-34)48-41(33-15-3-1-4-16-33)28-27-32-29-35(49-42-23-11-7-19-37(42)38-20-8-12-24-43(38)49)31-36(30-32)50-44-25-13-9-21-39(44)40-22-10-14-26-45(40)50;1-2/h1-9,11,13-21,23,25-26,28-31,38,43H,10,12,22,24,27H2,(H2,47,48);1-2H3/b41-28-;. The van der Waals surface area contributed by atoms with Gasteiger partial charge in [0, 0.05) is 45.7 Å². The van der Waals surface area contributed by atoms with Crippen molar-refractivity contribution in [2.45, 2.75) is 57.9 Å². The summed E-state index contributed by atoms with van der Waals surface area (Å²) in [5.74, 6) is 0.910. The number of benzene rings is 5. The van der Waals surface area contributed by atoms with Crippen LogP contribution in [0.3, 0.4) is 0 Å². The van der Waals surface area contributed by atoms with Gasteiger partial charge in [-0.1, -0.05) is 135 Å². The van der Waals surface area contributed by atoms with Crippen LogP contribution < -0.4 is 10.6 Å². The highest BCUT2D eigenvalue weighted by Gasteiger charge is 2.38. The monoisotopic (exact) mass is 678 g/mol. The highest BCUT2D eigenvalue weighted by atomic mass is 15.2. The summed E-state index contributed by atoms with van der Waals surface area (Å²) < 4.78 is 2.49. The lowest BCUT2D eigenvalue weighted by Gasteiger charge is -2.32. The highest BCUT2D eigenvalue weighted by Crippen LogP contribution is 2.49. The number of aliphatic imine (C=N–C) groups is 1. The Hall–Kier alpha value is -5.87. The van der Waals surface area contributed by atoms with E-state index in [1.165, 1.54) is 50.3 Å². The molecule has 2 atom stereocenters. The van der Waals surface area contributed by atoms with Gasteiger partial charge in [0.2, 0.25) is 0 Å². The van der Waals surface area contributed by atoms with Gasteiger partial charge in [0.15, 0.2) is 0 Å². The zero-order valence-electron chi connectivity index (χ0n) is 30.1. The third kappa shape index (κ3) is 6.19. The molecule has 0 bridgehead atoms. The van der Waals surface area contributed by atoms with Crippen LogP contribution in [-0.4, -0.2) is 16.4 Å². The van der Waals surface area contributed by atoms with Crippen molar-refractivity contribution in [1.82, 2.24) is 4.57 Å². The van der Waals surface area contributed by atoms with Crippen LogP contribution in [-0.2, 0) is 12.8 Å². The van der Waals surface area contributed by atoms with Gasteiger partial charge in [0.25, 0.3) is 0 Å². The van der Waals surface area contributed by atoms with Crippen molar-refractivity contribution < 1.29 is 0 Å². The second-order valence-corrected chi connectivity index (χ2v) is 13.6. The number of fused-ring (bicyclic) bond motifs is 6. The molecule has 9 rings (SSSR count). The summed E-state index contributed by atoms with van der Waals surface area (Å²) in [4.78, 5) is 7.63. The number of allylic oxidation sites excluding steroid dienone is 3. The summed E-state index contributed by atoms with van der Waals surface area (Å²) in [6.07, 6.45) is 16.8. The summed E-state index contributed by atoms with van der Waals surface area (Å²) in [5, 5.41) is 1.35. The smallest absolute Gasteiger partial charge is 0.131 e. The molecule has 1 aromatic heterocycles. The molecule has 2 N–H and O–H groups in total. The second-order valence-electron chi connectivity index (χ2n) is 13.6. The van der Waals surface area contributed by atoms with Gasteiger partial charge in [-0.25, -0.2) is 4.99 Å². The quantitative estimate of drug-likeness (QED) is 0.104. The number of nitrogens with zero attached hydrogens (tertiary/aromatic N) is 3. The van der Waals surface area contributed by atoms with Crippen molar-refractivity contribution in [1.29, 1.82) is 0 Å². The lowest BCUT2D eigenvalue weighted by Crippen LogP contribution is -2.31. The minimum absolute atomic E-state index is 0.390. The Balaban J connectivity index is 0.00000190. The van der Waals surface area contributed by atoms with Crippen molar-refractivity contribution in [3.8, 4) is 5.69 Å². The molecule has 0 spiro atoms. The van der Waals surface area contributed by atoms with Crippen LogP contribution in [0.4, 0.5) is 11.4 Å². The van der Waals surface area contributed by atoms with Gasteiger partial charge < -0.3 is 15.2 Å². The van der Waals surface area contributed by atoms with Gasteiger partial charge in [-0.05, 0) is 90.8 Å². The molecule has 0 fully saturated rings. The number of para-hydroxylation sites is 2. The van der Waals surface area contributed by atoms with Gasteiger partial charge in [0.05, 0.1) is 11.2 Å². The van der Waals surface area contributed by atoms with E-state index in [4.69, 9.17) is 10.7 Å². The number of aromatic nitrogens is 1. The lowest BCUT2D eigenvalue weighted by atomic mass is 9.87. The first kappa shape index (κ1) is 33.3. The van der Waals surface area contributed by atoms with Gasteiger partial charge >= 0.3 is 0 Å². The maximum Gasteiger partial charge on any atom is 0.131 e. The Morgan fingerprint density at radius 1 is 0.769 bits per heavy atom. The highest BCUT2D eigenvalue weighted by molar-refractivity contribution is 6.00. The number of hydrogen-bond donors (Lipinski definition) is 1. The van der Waals surface area contributed by atoms with E-state index in [-0.39, 0.29) is 0 Å². The molecular formula is C48H46N4. The minimum Gasteiger partial charge on any atom is -0.383 e. The summed E-state index contributed by atoms with van der Waals surface area (Å²) >= 11 is 0. The van der Waals surface area contributed by atoms with Crippen LogP contribution in [0.5, 0.6) is 0 Å². The fourth-order valence-corrected chi connectivity index (χ4v) is 8.28. The molecule has 2 heterocycles. The van der Waals surface area contributed by atoms with Gasteiger partial charge in [0.1, 0.15) is 5.84 Å². The zero-order chi connectivity index (χ0) is 35.4. The third-order valence-corrected chi connectivity index (χ3v) is 10.5. The average molecular weight is 679 g/mol. The van der Waals surface area contributed by atoms with Crippen LogP contribution >= 0.6 is 0 Å². The fraction of sp³-hybridized carbons (Fsp3) is 0.188. The Labute approximate surface area is 308 Å². The van der Waals surface area contributed by atoms with Gasteiger partial charge in [-0.2, -0.15) is 0 Å². The van der Waals surface area contributed by atoms with E-state index in [9.17, 15) is 0 Å². The van der Waals surface area contributed by atoms with Crippen molar-refractivity contribution in [3.05, 3.63) is 185 Å². The van der Waals surface area contributed by atoms with Gasteiger partial charge in [-0.3, -0.25) is 0 Å². The van der Waals surface area contributed by atoms with E-state index < -0.39 is 0 Å². The number of hydrogen-bond acceptors (Lipinski definition) is 2. The molecule has 3 aliphatic rings. The number of nitrogens with two attached hydrogens (primary N) is 1. The summed E-state index contributed by atoms with van der Waals surface area (Å²) in [6, 6.07) is 45.9. The first-order chi connectivity index (χ1) is 25.7. The molecule has 4 heteroatoms. The SMILES string of the molecule is CC.NC(=N/C(=C\Cc1cc(N2c3ccccc3C3C=CCCC32)cc(-n2c3c(c4ccccc42)CCC=C3)c1)c1ccccc1)c1ccccc1. The molecule has 0 saturated carbocycles. The van der Waals surface area contributed by atoms with Crippen molar-refractivity contribution in [2.75, 3.05) is 4.90 Å². The number of amidine groups is 1. The Kier molecular flexibility index (Phi) is 9.46. The zero-order valence-corrected chi connectivity index (χ0v) is 30.1. The fourth-order valence-electron chi connectivity index (χ4n) is 8.28. The van der Waals surface area contributed by atoms with Crippen LogP contribution in [0.15, 0.2) is 157 Å². The molecule has 52 heavy (non-hydrogen) atoms. The molecule has 6 aromatic rings. The normalized spacial score (nSPS) is 17.7. The Bertz CT molecular complexity index is 2320. The molecule has 4 nitrogen and oxygen atoms in total. The van der Waals surface area contributed by atoms with Crippen LogP contribution in [0.1, 0.15) is 72.5 Å². The van der Waals surface area contributed by atoms with Crippen LogP contribution in [0.25, 0.3) is 28.4 Å². The van der Waals surface area contributed by atoms with Crippen molar-refractivity contribution >= 4 is 39.9 Å². The van der Waals surface area contributed by atoms with E-state index >= 15 is 0 Å². The van der Waals surface area contributed by atoms with Crippen LogP contribution in [0.2, 0.25) is 0 Å². The Morgan fingerprint density at radius 2 is 1.48 bits per heavy atom. The first-order valence-electron chi connectivity index (χ1n) is 18.9. The number of anilines is 2. The maximum absolute atomic E-state index is 6.61. The predicted octanol–water partition coefficient (Wildman–Crippen LogP) is 11.6. The second kappa shape index (κ2) is 14.8.